The van der Waals surface area contributed by atoms with Crippen LogP contribution in [-0.2, 0) is 16.4 Å². The van der Waals surface area contributed by atoms with Crippen molar-refractivity contribution >= 4 is 16.0 Å². The van der Waals surface area contributed by atoms with Gasteiger partial charge in [-0.3, -0.25) is 4.98 Å². The standard InChI is InChI=1S/C14H14N2O4S/c17-14(18)12-1-3-13(4-2-12)21(19,20)16-10-7-11-5-8-15-9-6-11/h1-6,8-9,16H,7,10H2,(H,17,18). The van der Waals surface area contributed by atoms with Crippen LogP contribution in [0.25, 0.3) is 0 Å². The Bertz CT molecular complexity index is 712. The molecule has 0 radical (unpaired) electrons. The van der Waals surface area contributed by atoms with E-state index in [0.717, 1.165) is 5.56 Å². The van der Waals surface area contributed by atoms with Gasteiger partial charge in [0.1, 0.15) is 0 Å². The number of aromatic nitrogens is 1. The molecule has 0 atom stereocenters. The van der Waals surface area contributed by atoms with Crippen LogP contribution in [0.1, 0.15) is 15.9 Å². The van der Waals surface area contributed by atoms with E-state index in [0.29, 0.717) is 6.42 Å². The highest BCUT2D eigenvalue weighted by Crippen LogP contribution is 2.10. The van der Waals surface area contributed by atoms with Gasteiger partial charge in [-0.05, 0) is 48.4 Å². The van der Waals surface area contributed by atoms with Crippen molar-refractivity contribution in [3.05, 3.63) is 59.9 Å². The molecule has 2 aromatic rings. The second-order valence-corrected chi connectivity index (χ2v) is 6.10. The number of carbonyl (C=O) groups is 1. The first kappa shape index (κ1) is 15.1. The summed E-state index contributed by atoms with van der Waals surface area (Å²) in [6.07, 6.45) is 3.85. The van der Waals surface area contributed by atoms with Crippen molar-refractivity contribution in [3.8, 4) is 0 Å². The summed E-state index contributed by atoms with van der Waals surface area (Å²) in [4.78, 5) is 14.7. The summed E-state index contributed by atoms with van der Waals surface area (Å²) in [5.74, 6) is -1.09. The minimum Gasteiger partial charge on any atom is -0.478 e. The summed E-state index contributed by atoms with van der Waals surface area (Å²) < 4.78 is 26.5. The number of nitrogens with zero attached hydrogens (tertiary/aromatic N) is 1. The van der Waals surface area contributed by atoms with Crippen molar-refractivity contribution in [3.63, 3.8) is 0 Å². The van der Waals surface area contributed by atoms with Gasteiger partial charge in [-0.15, -0.1) is 0 Å². The molecule has 0 unspecified atom stereocenters. The van der Waals surface area contributed by atoms with Crippen molar-refractivity contribution in [2.24, 2.45) is 0 Å². The fourth-order valence-corrected chi connectivity index (χ4v) is 2.77. The van der Waals surface area contributed by atoms with Crippen LogP contribution in [0.2, 0.25) is 0 Å². The minimum absolute atomic E-state index is 0.0437. The molecule has 0 saturated heterocycles. The van der Waals surface area contributed by atoms with Gasteiger partial charge in [0.05, 0.1) is 10.5 Å². The first-order valence-electron chi connectivity index (χ1n) is 6.21. The third kappa shape index (κ3) is 4.11. The van der Waals surface area contributed by atoms with E-state index in [4.69, 9.17) is 5.11 Å². The van der Waals surface area contributed by atoms with Crippen LogP contribution in [0.15, 0.2) is 53.7 Å². The van der Waals surface area contributed by atoms with E-state index < -0.39 is 16.0 Å². The number of nitrogens with one attached hydrogen (secondary N) is 1. The SMILES string of the molecule is O=C(O)c1ccc(S(=O)(=O)NCCc2ccncc2)cc1. The fraction of sp³-hybridized carbons (Fsp3) is 0.143. The molecule has 0 fully saturated rings. The maximum Gasteiger partial charge on any atom is 0.335 e. The lowest BCUT2D eigenvalue weighted by molar-refractivity contribution is 0.0696. The highest BCUT2D eigenvalue weighted by molar-refractivity contribution is 7.89. The Morgan fingerprint density at radius 3 is 2.29 bits per heavy atom. The van der Waals surface area contributed by atoms with Gasteiger partial charge >= 0.3 is 5.97 Å². The molecule has 1 aromatic carbocycles. The molecular formula is C14H14N2O4S. The molecule has 1 aromatic heterocycles. The van der Waals surface area contributed by atoms with Crippen molar-refractivity contribution in [1.82, 2.24) is 9.71 Å². The smallest absolute Gasteiger partial charge is 0.335 e. The first-order valence-corrected chi connectivity index (χ1v) is 7.69. The highest BCUT2D eigenvalue weighted by Gasteiger charge is 2.14. The van der Waals surface area contributed by atoms with Crippen LogP contribution in [0, 0.1) is 0 Å². The number of rotatable bonds is 6. The van der Waals surface area contributed by atoms with Gasteiger partial charge in [0.25, 0.3) is 0 Å². The van der Waals surface area contributed by atoms with E-state index in [1.54, 1.807) is 12.4 Å². The summed E-state index contributed by atoms with van der Waals surface area (Å²) in [5, 5.41) is 8.78. The van der Waals surface area contributed by atoms with E-state index in [2.05, 4.69) is 9.71 Å². The number of sulfonamides is 1. The van der Waals surface area contributed by atoms with Crippen LogP contribution < -0.4 is 4.72 Å². The summed E-state index contributed by atoms with van der Waals surface area (Å²) in [7, 11) is -3.63. The van der Waals surface area contributed by atoms with Crippen LogP contribution in [-0.4, -0.2) is 31.0 Å². The molecule has 0 aliphatic rings. The lowest BCUT2D eigenvalue weighted by Crippen LogP contribution is -2.26. The number of carboxylic acid groups (broad SMARTS) is 1. The zero-order chi connectivity index (χ0) is 15.3. The monoisotopic (exact) mass is 306 g/mol. The first-order chi connectivity index (χ1) is 9.99. The van der Waals surface area contributed by atoms with Crippen LogP contribution in [0.5, 0.6) is 0 Å². The third-order valence-electron chi connectivity index (χ3n) is 2.87. The molecule has 0 aliphatic carbocycles. The number of aromatic carboxylic acids is 1. The molecule has 0 amide bonds. The molecule has 0 bridgehead atoms. The maximum absolute atomic E-state index is 12.0. The van der Waals surface area contributed by atoms with Crippen LogP contribution in [0.4, 0.5) is 0 Å². The third-order valence-corrected chi connectivity index (χ3v) is 4.34. The molecule has 2 rings (SSSR count). The van der Waals surface area contributed by atoms with Gasteiger partial charge in [-0.25, -0.2) is 17.9 Å². The van der Waals surface area contributed by atoms with Crippen LogP contribution >= 0.6 is 0 Å². The molecule has 0 saturated carbocycles. The number of benzene rings is 1. The summed E-state index contributed by atoms with van der Waals surface area (Å²) in [6.45, 7) is 0.257. The average molecular weight is 306 g/mol. The summed E-state index contributed by atoms with van der Waals surface area (Å²) >= 11 is 0. The van der Waals surface area contributed by atoms with E-state index in [1.165, 1.54) is 24.3 Å². The normalized spacial score (nSPS) is 11.2. The predicted octanol–water partition coefficient (Wildman–Crippen LogP) is 1.30. The van der Waals surface area contributed by atoms with E-state index in [1.807, 2.05) is 12.1 Å². The predicted molar refractivity (Wildman–Crippen MR) is 76.5 cm³/mol. The Morgan fingerprint density at radius 2 is 1.71 bits per heavy atom. The zero-order valence-electron chi connectivity index (χ0n) is 11.1. The van der Waals surface area contributed by atoms with Crippen molar-refractivity contribution in [1.29, 1.82) is 0 Å². The van der Waals surface area contributed by atoms with Gasteiger partial charge in [0.15, 0.2) is 0 Å². The maximum atomic E-state index is 12.0. The zero-order valence-corrected chi connectivity index (χ0v) is 11.9. The Morgan fingerprint density at radius 1 is 1.10 bits per heavy atom. The van der Waals surface area contributed by atoms with E-state index >= 15 is 0 Å². The van der Waals surface area contributed by atoms with Crippen molar-refractivity contribution in [2.75, 3.05) is 6.54 Å². The minimum atomic E-state index is -3.63. The molecule has 7 heteroatoms. The molecule has 1 heterocycles. The second-order valence-electron chi connectivity index (χ2n) is 4.33. The summed E-state index contributed by atoms with van der Waals surface area (Å²) in [6, 6.07) is 8.71. The molecule has 2 N–H and O–H groups in total. The van der Waals surface area contributed by atoms with Gasteiger partial charge in [0.2, 0.25) is 10.0 Å². The number of hydrogen-bond acceptors (Lipinski definition) is 4. The second kappa shape index (κ2) is 6.47. The quantitative estimate of drug-likeness (QED) is 0.838. The Kier molecular flexibility index (Phi) is 4.66. The molecule has 6 nitrogen and oxygen atoms in total. The van der Waals surface area contributed by atoms with Crippen molar-refractivity contribution in [2.45, 2.75) is 11.3 Å². The van der Waals surface area contributed by atoms with Gasteiger partial charge in [-0.1, -0.05) is 0 Å². The molecular weight excluding hydrogens is 292 g/mol. The number of carboxylic acids is 1. The topological polar surface area (TPSA) is 96.4 Å². The molecule has 110 valence electrons. The Hall–Kier alpha value is -2.25. The lowest BCUT2D eigenvalue weighted by atomic mass is 10.2. The number of pyridine rings is 1. The Labute approximate surface area is 122 Å². The molecule has 21 heavy (non-hydrogen) atoms. The Balaban J connectivity index is 2.00. The van der Waals surface area contributed by atoms with Crippen LogP contribution in [0.3, 0.4) is 0 Å². The van der Waals surface area contributed by atoms with Gasteiger partial charge < -0.3 is 5.11 Å². The van der Waals surface area contributed by atoms with Gasteiger partial charge in [-0.2, -0.15) is 0 Å². The van der Waals surface area contributed by atoms with Gasteiger partial charge in [0, 0.05) is 18.9 Å². The fourth-order valence-electron chi connectivity index (χ4n) is 1.74. The lowest BCUT2D eigenvalue weighted by Gasteiger charge is -2.07. The average Bonchev–Trinajstić information content (AvgIpc) is 2.48. The van der Waals surface area contributed by atoms with E-state index in [9.17, 15) is 13.2 Å². The molecule has 0 spiro atoms. The van der Waals surface area contributed by atoms with Crippen molar-refractivity contribution < 1.29 is 18.3 Å². The summed E-state index contributed by atoms with van der Waals surface area (Å²) in [5.41, 5.74) is 1.03. The highest BCUT2D eigenvalue weighted by atomic mass is 32.2. The molecule has 0 aliphatic heterocycles. The van der Waals surface area contributed by atoms with E-state index in [-0.39, 0.29) is 17.0 Å². The number of hydrogen-bond donors (Lipinski definition) is 2. The largest absolute Gasteiger partial charge is 0.478 e.